The molecule has 0 atom stereocenters. The first kappa shape index (κ1) is 21.6. The number of piperidine rings is 1. The van der Waals surface area contributed by atoms with Crippen LogP contribution in [-0.4, -0.2) is 37.2 Å². The number of nitriles is 1. The van der Waals surface area contributed by atoms with Gasteiger partial charge in [0.05, 0.1) is 17.2 Å². The van der Waals surface area contributed by atoms with Gasteiger partial charge in [0.1, 0.15) is 11.7 Å². The SMILES string of the molecule is CC(C)(C)OC(=O)C1CCC(CN(c2ccccc2C#N)C2CCNCC2)CC1. The van der Waals surface area contributed by atoms with E-state index >= 15 is 0 Å². The molecule has 0 unspecified atom stereocenters. The monoisotopic (exact) mass is 397 g/mol. The molecule has 5 heteroatoms. The number of nitrogens with one attached hydrogen (secondary N) is 1. The molecule has 2 fully saturated rings. The van der Waals surface area contributed by atoms with E-state index in [1.54, 1.807) is 0 Å². The molecule has 29 heavy (non-hydrogen) atoms. The molecule has 1 aromatic rings. The van der Waals surface area contributed by atoms with Crippen LogP contribution in [0.2, 0.25) is 0 Å². The molecule has 2 aliphatic rings. The van der Waals surface area contributed by atoms with Crippen molar-refractivity contribution in [1.29, 1.82) is 5.26 Å². The van der Waals surface area contributed by atoms with Crippen molar-refractivity contribution >= 4 is 11.7 Å². The quantitative estimate of drug-likeness (QED) is 0.752. The molecule has 1 heterocycles. The van der Waals surface area contributed by atoms with E-state index in [9.17, 15) is 10.1 Å². The van der Waals surface area contributed by atoms with Gasteiger partial charge in [-0.05, 0) is 90.4 Å². The standard InChI is InChI=1S/C24H35N3O2/c1-24(2,3)29-23(28)19-10-8-18(9-11-19)17-27(21-12-14-26-15-13-21)22-7-5-4-6-20(22)16-25/h4-7,18-19,21,26H,8-15,17H2,1-3H3. The molecule has 158 valence electrons. The van der Waals surface area contributed by atoms with E-state index in [-0.39, 0.29) is 11.9 Å². The van der Waals surface area contributed by atoms with Crippen molar-refractivity contribution in [2.75, 3.05) is 24.5 Å². The average molecular weight is 398 g/mol. The van der Waals surface area contributed by atoms with Gasteiger partial charge in [0.25, 0.3) is 0 Å². The minimum atomic E-state index is -0.416. The lowest BCUT2D eigenvalue weighted by atomic mass is 9.81. The summed E-state index contributed by atoms with van der Waals surface area (Å²) in [4.78, 5) is 14.9. The molecule has 1 aliphatic heterocycles. The van der Waals surface area contributed by atoms with Gasteiger partial charge in [-0.1, -0.05) is 12.1 Å². The third-order valence-electron chi connectivity index (χ3n) is 6.13. The Kier molecular flexibility index (Phi) is 7.18. The minimum absolute atomic E-state index is 0.0317. The number of benzene rings is 1. The summed E-state index contributed by atoms with van der Waals surface area (Å²) in [6, 6.07) is 10.8. The number of para-hydroxylation sites is 1. The summed E-state index contributed by atoms with van der Waals surface area (Å²) in [7, 11) is 0. The number of rotatable bonds is 5. The van der Waals surface area contributed by atoms with Crippen molar-refractivity contribution in [3.8, 4) is 6.07 Å². The maximum absolute atomic E-state index is 12.4. The van der Waals surface area contributed by atoms with E-state index < -0.39 is 5.60 Å². The van der Waals surface area contributed by atoms with Gasteiger partial charge in [-0.3, -0.25) is 4.79 Å². The van der Waals surface area contributed by atoms with E-state index in [1.807, 2.05) is 39.0 Å². The van der Waals surface area contributed by atoms with Crippen LogP contribution in [-0.2, 0) is 9.53 Å². The lowest BCUT2D eigenvalue weighted by molar-refractivity contribution is -0.161. The molecule has 5 nitrogen and oxygen atoms in total. The molecule has 1 aromatic carbocycles. The Bertz CT molecular complexity index is 720. The molecule has 0 spiro atoms. The van der Waals surface area contributed by atoms with Crippen LogP contribution in [0.1, 0.15) is 64.9 Å². The Balaban J connectivity index is 1.66. The number of ether oxygens (including phenoxy) is 1. The zero-order valence-electron chi connectivity index (χ0n) is 18.1. The van der Waals surface area contributed by atoms with Crippen LogP contribution in [0.25, 0.3) is 0 Å². The number of carbonyl (C=O) groups is 1. The highest BCUT2D eigenvalue weighted by Gasteiger charge is 2.32. The van der Waals surface area contributed by atoms with Crippen LogP contribution in [0.15, 0.2) is 24.3 Å². The second kappa shape index (κ2) is 9.63. The van der Waals surface area contributed by atoms with Crippen LogP contribution >= 0.6 is 0 Å². The van der Waals surface area contributed by atoms with Crippen molar-refractivity contribution in [2.24, 2.45) is 11.8 Å². The van der Waals surface area contributed by atoms with E-state index in [1.165, 1.54) is 0 Å². The first-order valence-corrected chi connectivity index (χ1v) is 11.1. The van der Waals surface area contributed by atoms with Crippen molar-refractivity contribution < 1.29 is 9.53 Å². The normalized spacial score (nSPS) is 23.2. The summed E-state index contributed by atoms with van der Waals surface area (Å²) in [5, 5.41) is 13.1. The van der Waals surface area contributed by atoms with E-state index in [0.29, 0.717) is 12.0 Å². The number of nitrogens with zero attached hydrogens (tertiary/aromatic N) is 2. The van der Waals surface area contributed by atoms with Gasteiger partial charge >= 0.3 is 5.97 Å². The number of hydrogen-bond acceptors (Lipinski definition) is 5. The molecule has 1 saturated carbocycles. The minimum Gasteiger partial charge on any atom is -0.460 e. The first-order chi connectivity index (χ1) is 13.9. The molecule has 3 rings (SSSR count). The van der Waals surface area contributed by atoms with Crippen LogP contribution in [0, 0.1) is 23.2 Å². The fourth-order valence-electron chi connectivity index (χ4n) is 4.63. The molecule has 1 aliphatic carbocycles. The molecular formula is C24H35N3O2. The van der Waals surface area contributed by atoms with Crippen LogP contribution in [0.3, 0.4) is 0 Å². The van der Waals surface area contributed by atoms with Crippen molar-refractivity contribution in [3.05, 3.63) is 29.8 Å². The van der Waals surface area contributed by atoms with Gasteiger partial charge in [0.15, 0.2) is 0 Å². The molecule has 1 saturated heterocycles. The topological polar surface area (TPSA) is 65.4 Å². The summed E-state index contributed by atoms with van der Waals surface area (Å²) >= 11 is 0. The van der Waals surface area contributed by atoms with E-state index in [2.05, 4.69) is 22.4 Å². The van der Waals surface area contributed by atoms with Crippen LogP contribution in [0.5, 0.6) is 0 Å². The van der Waals surface area contributed by atoms with E-state index in [4.69, 9.17) is 4.74 Å². The predicted molar refractivity (Wildman–Crippen MR) is 116 cm³/mol. The Morgan fingerprint density at radius 2 is 1.79 bits per heavy atom. The number of carbonyl (C=O) groups excluding carboxylic acids is 1. The molecule has 0 amide bonds. The second-order valence-corrected chi connectivity index (χ2v) is 9.51. The van der Waals surface area contributed by atoms with Crippen molar-refractivity contribution in [1.82, 2.24) is 5.32 Å². The zero-order valence-corrected chi connectivity index (χ0v) is 18.1. The number of anilines is 1. The number of hydrogen-bond donors (Lipinski definition) is 1. The summed E-state index contributed by atoms with van der Waals surface area (Å²) < 4.78 is 5.60. The summed E-state index contributed by atoms with van der Waals surface area (Å²) in [6.45, 7) is 8.81. The van der Waals surface area contributed by atoms with Crippen LogP contribution < -0.4 is 10.2 Å². The maximum atomic E-state index is 12.4. The Morgan fingerprint density at radius 3 is 2.41 bits per heavy atom. The summed E-state index contributed by atoms with van der Waals surface area (Å²) in [5.74, 6) is 0.542. The van der Waals surface area contributed by atoms with E-state index in [0.717, 1.165) is 69.4 Å². The third kappa shape index (κ3) is 5.96. The lowest BCUT2D eigenvalue weighted by Crippen LogP contribution is -2.46. The molecule has 0 aromatic heterocycles. The van der Waals surface area contributed by atoms with Crippen LogP contribution in [0.4, 0.5) is 5.69 Å². The summed E-state index contributed by atoms with van der Waals surface area (Å²) in [6.07, 6.45) is 6.10. The molecular weight excluding hydrogens is 362 g/mol. The fraction of sp³-hybridized carbons (Fsp3) is 0.667. The molecule has 1 N–H and O–H groups in total. The Labute approximate surface area is 175 Å². The molecule has 0 radical (unpaired) electrons. The van der Waals surface area contributed by atoms with Gasteiger partial charge in [0.2, 0.25) is 0 Å². The highest BCUT2D eigenvalue weighted by atomic mass is 16.6. The Morgan fingerprint density at radius 1 is 1.14 bits per heavy atom. The van der Waals surface area contributed by atoms with Gasteiger partial charge in [-0.15, -0.1) is 0 Å². The fourth-order valence-corrected chi connectivity index (χ4v) is 4.63. The lowest BCUT2D eigenvalue weighted by Gasteiger charge is -2.40. The van der Waals surface area contributed by atoms with Gasteiger partial charge in [-0.25, -0.2) is 0 Å². The average Bonchev–Trinajstić information content (AvgIpc) is 2.72. The number of esters is 1. The first-order valence-electron chi connectivity index (χ1n) is 11.1. The summed E-state index contributed by atoms with van der Waals surface area (Å²) in [5.41, 5.74) is 1.41. The smallest absolute Gasteiger partial charge is 0.309 e. The van der Waals surface area contributed by atoms with Gasteiger partial charge < -0.3 is 15.0 Å². The predicted octanol–water partition coefficient (Wildman–Crippen LogP) is 4.26. The third-order valence-corrected chi connectivity index (χ3v) is 6.13. The second-order valence-electron chi connectivity index (χ2n) is 9.51. The maximum Gasteiger partial charge on any atom is 0.309 e. The van der Waals surface area contributed by atoms with Gasteiger partial charge in [-0.2, -0.15) is 5.26 Å². The Hall–Kier alpha value is -2.06. The van der Waals surface area contributed by atoms with Crippen molar-refractivity contribution in [2.45, 2.75) is 70.9 Å². The highest BCUT2D eigenvalue weighted by Crippen LogP contribution is 2.34. The highest BCUT2D eigenvalue weighted by molar-refractivity contribution is 5.73. The molecule has 0 bridgehead atoms. The van der Waals surface area contributed by atoms with Crippen molar-refractivity contribution in [3.63, 3.8) is 0 Å². The zero-order chi connectivity index (χ0) is 20.9. The van der Waals surface area contributed by atoms with Gasteiger partial charge in [0, 0.05) is 12.6 Å². The largest absolute Gasteiger partial charge is 0.460 e.